The molecule has 1 saturated carbocycles. The highest BCUT2D eigenvalue weighted by molar-refractivity contribution is 6.33. The number of halogens is 2. The van der Waals surface area contributed by atoms with Crippen LogP contribution in [-0.4, -0.2) is 37.6 Å². The van der Waals surface area contributed by atoms with E-state index in [1.54, 1.807) is 19.1 Å². The van der Waals surface area contributed by atoms with E-state index in [0.29, 0.717) is 24.1 Å². The zero-order chi connectivity index (χ0) is 23.5. The number of hydrogen-bond donors (Lipinski definition) is 2. The van der Waals surface area contributed by atoms with Gasteiger partial charge < -0.3 is 15.5 Å². The first-order valence-corrected chi connectivity index (χ1v) is 11.8. The Morgan fingerprint density at radius 2 is 1.88 bits per heavy atom. The predicted molar refractivity (Wildman–Crippen MR) is 134 cm³/mol. The van der Waals surface area contributed by atoms with Crippen LogP contribution in [0.15, 0.2) is 42.5 Å². The fraction of sp³-hybridized carbons (Fsp3) is 0.385. The Morgan fingerprint density at radius 1 is 1.15 bits per heavy atom. The van der Waals surface area contributed by atoms with Gasteiger partial charge in [0, 0.05) is 43.8 Å². The first-order valence-electron chi connectivity index (χ1n) is 11.4. The molecule has 1 fully saturated rings. The van der Waals surface area contributed by atoms with Crippen LogP contribution in [0.2, 0.25) is 5.02 Å². The standard InChI is InChI=1S/C26H30ClFN4O/c1-16-8-13-20(27)24(25(16)28)26(33)29-15-17-9-11-18(12-10-17)30-23-14-22(32(2)3)19-6-4-5-7-21(19)31-23/h4-8,13-14,17-18H,9-12,15H2,1-3H3,(H,29,33)(H,30,31). The molecule has 0 atom stereocenters. The summed E-state index contributed by atoms with van der Waals surface area (Å²) in [7, 11) is 4.09. The summed E-state index contributed by atoms with van der Waals surface area (Å²) in [5.74, 6) is 0.255. The van der Waals surface area contributed by atoms with Crippen LogP contribution < -0.4 is 15.5 Å². The summed E-state index contributed by atoms with van der Waals surface area (Å²) in [6.07, 6.45) is 3.95. The van der Waals surface area contributed by atoms with Crippen LogP contribution in [0.4, 0.5) is 15.9 Å². The molecule has 4 rings (SSSR count). The van der Waals surface area contributed by atoms with Gasteiger partial charge in [-0.15, -0.1) is 0 Å². The molecule has 174 valence electrons. The molecule has 0 unspecified atom stereocenters. The minimum Gasteiger partial charge on any atom is -0.377 e. The number of aryl methyl sites for hydroxylation is 1. The minimum atomic E-state index is -0.548. The van der Waals surface area contributed by atoms with Gasteiger partial charge in [0.2, 0.25) is 0 Å². The molecule has 5 nitrogen and oxygen atoms in total. The molecule has 1 aliphatic rings. The van der Waals surface area contributed by atoms with Gasteiger partial charge in [-0.3, -0.25) is 4.79 Å². The summed E-state index contributed by atoms with van der Waals surface area (Å²) in [6, 6.07) is 13.8. The van der Waals surface area contributed by atoms with Crippen molar-refractivity contribution in [3.8, 4) is 0 Å². The van der Waals surface area contributed by atoms with Gasteiger partial charge in [0.1, 0.15) is 11.6 Å². The SMILES string of the molecule is Cc1ccc(Cl)c(C(=O)NCC2CCC(Nc3cc(N(C)C)c4ccccc4n3)CC2)c1F. The van der Waals surface area contributed by atoms with Crippen molar-refractivity contribution in [2.75, 3.05) is 30.9 Å². The number of pyridine rings is 1. The van der Waals surface area contributed by atoms with Crippen LogP contribution in [0.1, 0.15) is 41.6 Å². The number of hydrogen-bond acceptors (Lipinski definition) is 4. The molecule has 1 heterocycles. The van der Waals surface area contributed by atoms with E-state index in [1.165, 1.54) is 0 Å². The Hall–Kier alpha value is -2.86. The number of nitrogens with zero attached hydrogens (tertiary/aromatic N) is 2. The van der Waals surface area contributed by atoms with E-state index in [1.807, 2.05) is 32.3 Å². The predicted octanol–water partition coefficient (Wildman–Crippen LogP) is 5.80. The highest BCUT2D eigenvalue weighted by atomic mass is 35.5. The average molecular weight is 469 g/mol. The zero-order valence-electron chi connectivity index (χ0n) is 19.3. The molecule has 0 aliphatic heterocycles. The fourth-order valence-electron chi connectivity index (χ4n) is 4.51. The Balaban J connectivity index is 1.34. The molecule has 1 amide bonds. The number of nitrogens with one attached hydrogen (secondary N) is 2. The van der Waals surface area contributed by atoms with E-state index in [-0.39, 0.29) is 10.6 Å². The molecule has 0 spiro atoms. The summed E-state index contributed by atoms with van der Waals surface area (Å²) in [5, 5.41) is 7.77. The highest BCUT2D eigenvalue weighted by Crippen LogP contribution is 2.30. The zero-order valence-corrected chi connectivity index (χ0v) is 20.0. The van der Waals surface area contributed by atoms with Gasteiger partial charge >= 0.3 is 0 Å². The summed E-state index contributed by atoms with van der Waals surface area (Å²) in [4.78, 5) is 19.4. The number of carbonyl (C=O) groups excluding carboxylic acids is 1. The smallest absolute Gasteiger partial charge is 0.255 e. The van der Waals surface area contributed by atoms with E-state index in [9.17, 15) is 9.18 Å². The van der Waals surface area contributed by atoms with Gasteiger partial charge in [-0.25, -0.2) is 9.37 Å². The normalized spacial score (nSPS) is 18.2. The second kappa shape index (κ2) is 9.96. The summed E-state index contributed by atoms with van der Waals surface area (Å²) in [6.45, 7) is 2.15. The van der Waals surface area contributed by atoms with Crippen molar-refractivity contribution in [3.63, 3.8) is 0 Å². The van der Waals surface area contributed by atoms with Crippen LogP contribution in [0.3, 0.4) is 0 Å². The maximum atomic E-state index is 14.4. The number of amides is 1. The molecule has 1 aliphatic carbocycles. The van der Waals surface area contributed by atoms with E-state index >= 15 is 0 Å². The fourth-order valence-corrected chi connectivity index (χ4v) is 4.74. The maximum Gasteiger partial charge on any atom is 0.255 e. The average Bonchev–Trinajstić information content (AvgIpc) is 2.80. The van der Waals surface area contributed by atoms with Gasteiger partial charge in [-0.1, -0.05) is 35.9 Å². The van der Waals surface area contributed by atoms with Crippen molar-refractivity contribution >= 4 is 39.9 Å². The third-order valence-electron chi connectivity index (χ3n) is 6.44. The Bertz CT molecular complexity index is 1160. The number of rotatable bonds is 6. The third-order valence-corrected chi connectivity index (χ3v) is 6.75. The number of anilines is 2. The second-order valence-corrected chi connectivity index (χ2v) is 9.47. The molecule has 2 N–H and O–H groups in total. The summed E-state index contributed by atoms with van der Waals surface area (Å²) >= 11 is 6.06. The molecule has 2 aromatic carbocycles. The lowest BCUT2D eigenvalue weighted by Gasteiger charge is -2.30. The van der Waals surface area contributed by atoms with Crippen molar-refractivity contribution in [2.24, 2.45) is 5.92 Å². The monoisotopic (exact) mass is 468 g/mol. The Kier molecular flexibility index (Phi) is 7.03. The van der Waals surface area contributed by atoms with Crippen LogP contribution in [0, 0.1) is 18.7 Å². The van der Waals surface area contributed by atoms with Crippen molar-refractivity contribution in [2.45, 2.75) is 38.6 Å². The number of benzene rings is 2. The lowest BCUT2D eigenvalue weighted by Crippen LogP contribution is -2.34. The Morgan fingerprint density at radius 3 is 2.61 bits per heavy atom. The molecule has 1 aromatic heterocycles. The van der Waals surface area contributed by atoms with Gasteiger partial charge in [0.05, 0.1) is 16.1 Å². The maximum absolute atomic E-state index is 14.4. The van der Waals surface area contributed by atoms with Crippen molar-refractivity contribution in [1.82, 2.24) is 10.3 Å². The Labute approximate surface area is 199 Å². The highest BCUT2D eigenvalue weighted by Gasteiger charge is 2.24. The van der Waals surface area contributed by atoms with E-state index in [4.69, 9.17) is 16.6 Å². The molecule has 0 bridgehead atoms. The van der Waals surface area contributed by atoms with Crippen LogP contribution in [0.5, 0.6) is 0 Å². The summed E-state index contributed by atoms with van der Waals surface area (Å²) in [5.41, 5.74) is 2.47. The van der Waals surface area contributed by atoms with E-state index in [0.717, 1.165) is 48.1 Å². The van der Waals surface area contributed by atoms with Crippen LogP contribution in [0.25, 0.3) is 10.9 Å². The van der Waals surface area contributed by atoms with E-state index in [2.05, 4.69) is 27.7 Å². The van der Waals surface area contributed by atoms with Crippen LogP contribution >= 0.6 is 11.6 Å². The molecule has 0 saturated heterocycles. The molecule has 7 heteroatoms. The molecule has 3 aromatic rings. The number of carbonyl (C=O) groups is 1. The summed E-state index contributed by atoms with van der Waals surface area (Å²) < 4.78 is 14.4. The second-order valence-electron chi connectivity index (χ2n) is 9.06. The van der Waals surface area contributed by atoms with Gasteiger partial charge in [0.25, 0.3) is 5.91 Å². The number of aromatic nitrogens is 1. The van der Waals surface area contributed by atoms with E-state index < -0.39 is 11.7 Å². The third kappa shape index (κ3) is 5.22. The molecule has 33 heavy (non-hydrogen) atoms. The van der Waals surface area contributed by atoms with Gasteiger partial charge in [-0.05, 0) is 56.2 Å². The van der Waals surface area contributed by atoms with Crippen LogP contribution in [-0.2, 0) is 0 Å². The largest absolute Gasteiger partial charge is 0.377 e. The van der Waals surface area contributed by atoms with Gasteiger partial charge in [-0.2, -0.15) is 0 Å². The minimum absolute atomic E-state index is 0.0638. The van der Waals surface area contributed by atoms with Crippen molar-refractivity contribution in [3.05, 3.63) is 64.4 Å². The van der Waals surface area contributed by atoms with Gasteiger partial charge in [0.15, 0.2) is 0 Å². The molecular formula is C26H30ClFN4O. The molecule has 0 radical (unpaired) electrons. The topological polar surface area (TPSA) is 57.3 Å². The molecular weight excluding hydrogens is 439 g/mol. The number of fused-ring (bicyclic) bond motifs is 1. The first-order chi connectivity index (χ1) is 15.8. The van der Waals surface area contributed by atoms with Crippen molar-refractivity contribution in [1.29, 1.82) is 0 Å². The lowest BCUT2D eigenvalue weighted by atomic mass is 9.86. The number of para-hydroxylation sites is 1. The lowest BCUT2D eigenvalue weighted by molar-refractivity contribution is 0.0939. The van der Waals surface area contributed by atoms with Crippen molar-refractivity contribution < 1.29 is 9.18 Å². The quantitative estimate of drug-likeness (QED) is 0.480. The first kappa shape index (κ1) is 23.3.